The van der Waals surface area contributed by atoms with E-state index in [0.29, 0.717) is 26.2 Å². The molecule has 0 bridgehead atoms. The largest absolute Gasteiger partial charge is 0.489 e. The second-order valence-corrected chi connectivity index (χ2v) is 8.77. The first-order valence-corrected chi connectivity index (χ1v) is 11.5. The second kappa shape index (κ2) is 8.96. The summed E-state index contributed by atoms with van der Waals surface area (Å²) in [5.74, 6) is 1.51. The molecule has 164 valence electrons. The summed E-state index contributed by atoms with van der Waals surface area (Å²) in [6.07, 6.45) is 2.41. The lowest BCUT2D eigenvalue weighted by Gasteiger charge is -2.38. The maximum Gasteiger partial charge on any atom is 0.254 e. The van der Waals surface area contributed by atoms with Gasteiger partial charge in [-0.05, 0) is 47.8 Å². The first-order valence-electron chi connectivity index (χ1n) is 10.6. The molecular weight excluding hydrogens is 426 g/mol. The molecule has 3 aromatic rings. The second-order valence-electron chi connectivity index (χ2n) is 7.99. The Bertz CT molecular complexity index is 1070. The molecule has 2 amide bonds. The van der Waals surface area contributed by atoms with Crippen LogP contribution in [0.5, 0.6) is 5.75 Å². The minimum atomic E-state index is -0.0711. The monoisotopic (exact) mass is 449 g/mol. The van der Waals surface area contributed by atoms with Crippen LogP contribution in [0.3, 0.4) is 0 Å². The molecule has 9 heteroatoms. The Morgan fingerprint density at radius 3 is 2.66 bits per heavy atom. The number of hydrogen-bond acceptors (Lipinski definition) is 7. The summed E-state index contributed by atoms with van der Waals surface area (Å²) in [6, 6.07) is 13.0. The minimum absolute atomic E-state index is 0.00261. The van der Waals surface area contributed by atoms with Gasteiger partial charge in [0.05, 0.1) is 18.0 Å². The van der Waals surface area contributed by atoms with Gasteiger partial charge in [0.2, 0.25) is 5.91 Å². The van der Waals surface area contributed by atoms with Crippen molar-refractivity contribution in [2.75, 3.05) is 36.4 Å². The molecule has 32 heavy (non-hydrogen) atoms. The van der Waals surface area contributed by atoms with Crippen molar-refractivity contribution in [1.29, 1.82) is 0 Å². The fraction of sp³-hybridized carbons (Fsp3) is 0.304. The lowest BCUT2D eigenvalue weighted by atomic mass is 9.99. The zero-order valence-electron chi connectivity index (χ0n) is 17.4. The fourth-order valence-electron chi connectivity index (χ4n) is 3.92. The number of amides is 2. The van der Waals surface area contributed by atoms with Gasteiger partial charge in [0.15, 0.2) is 5.82 Å². The maximum atomic E-state index is 12.5. The number of rotatable bonds is 6. The van der Waals surface area contributed by atoms with E-state index >= 15 is 0 Å². The van der Waals surface area contributed by atoms with E-state index in [-0.39, 0.29) is 23.8 Å². The predicted octanol–water partition coefficient (Wildman–Crippen LogP) is 2.91. The van der Waals surface area contributed by atoms with E-state index in [1.54, 1.807) is 6.20 Å². The van der Waals surface area contributed by atoms with Crippen molar-refractivity contribution in [2.45, 2.75) is 12.5 Å². The smallest absolute Gasteiger partial charge is 0.254 e. The highest BCUT2D eigenvalue weighted by Crippen LogP contribution is 2.25. The van der Waals surface area contributed by atoms with Crippen LogP contribution in [-0.2, 0) is 4.79 Å². The van der Waals surface area contributed by atoms with Gasteiger partial charge in [-0.25, -0.2) is 0 Å². The van der Waals surface area contributed by atoms with E-state index in [1.807, 2.05) is 63.0 Å². The van der Waals surface area contributed by atoms with Gasteiger partial charge in [-0.2, -0.15) is 16.4 Å². The summed E-state index contributed by atoms with van der Waals surface area (Å²) in [7, 11) is 0. The van der Waals surface area contributed by atoms with E-state index in [0.717, 1.165) is 29.2 Å². The van der Waals surface area contributed by atoms with Crippen molar-refractivity contribution >= 4 is 34.7 Å². The van der Waals surface area contributed by atoms with Gasteiger partial charge in [0.1, 0.15) is 11.9 Å². The molecule has 0 radical (unpaired) electrons. The lowest BCUT2D eigenvalue weighted by molar-refractivity contribution is -0.120. The highest BCUT2D eigenvalue weighted by molar-refractivity contribution is 7.08. The molecule has 2 saturated heterocycles. The van der Waals surface area contributed by atoms with Crippen LogP contribution in [0.2, 0.25) is 0 Å². The number of ether oxygens (including phenoxy) is 1. The molecule has 0 spiro atoms. The molecule has 0 saturated carbocycles. The lowest BCUT2D eigenvalue weighted by Crippen LogP contribution is -2.52. The quantitative estimate of drug-likeness (QED) is 0.623. The third kappa shape index (κ3) is 4.43. The standard InChI is InChI=1S/C23H23N5O3S/c29-22(17-12-28(13-17)21-2-1-9-24-26-21)25-18-3-5-19(6-4-18)31-20-7-10-27(14-20)23(30)16-8-11-32-15-16/h1-6,8-9,11,15,17,20H,7,10,12-14H2,(H,25,29)/t20-/m1/s1. The predicted molar refractivity (Wildman–Crippen MR) is 122 cm³/mol. The van der Waals surface area contributed by atoms with Gasteiger partial charge >= 0.3 is 0 Å². The number of nitrogens with one attached hydrogen (secondary N) is 1. The number of aromatic nitrogens is 2. The van der Waals surface area contributed by atoms with E-state index in [4.69, 9.17) is 4.74 Å². The van der Waals surface area contributed by atoms with E-state index < -0.39 is 0 Å². The highest BCUT2D eigenvalue weighted by atomic mass is 32.1. The first-order chi connectivity index (χ1) is 15.7. The molecule has 2 fully saturated rings. The van der Waals surface area contributed by atoms with Crippen LogP contribution in [0.25, 0.3) is 0 Å². The topological polar surface area (TPSA) is 87.7 Å². The van der Waals surface area contributed by atoms with Crippen molar-refractivity contribution in [1.82, 2.24) is 15.1 Å². The SMILES string of the molecule is O=C(Nc1ccc(O[C@@H]2CCN(C(=O)c3ccsc3)C2)cc1)C1CN(c2cccnn2)C1. The first kappa shape index (κ1) is 20.4. The Balaban J connectivity index is 1.09. The normalized spacial score (nSPS) is 18.3. The molecule has 8 nitrogen and oxygen atoms in total. The molecule has 0 unspecified atom stereocenters. The third-order valence-corrected chi connectivity index (χ3v) is 6.44. The Morgan fingerprint density at radius 1 is 1.09 bits per heavy atom. The number of nitrogens with zero attached hydrogens (tertiary/aromatic N) is 4. The van der Waals surface area contributed by atoms with Gasteiger partial charge in [-0.1, -0.05) is 0 Å². The van der Waals surface area contributed by atoms with Crippen molar-refractivity contribution < 1.29 is 14.3 Å². The molecule has 5 rings (SSSR count). The van der Waals surface area contributed by atoms with E-state index in [2.05, 4.69) is 15.5 Å². The summed E-state index contributed by atoms with van der Waals surface area (Å²) < 4.78 is 6.05. The summed E-state index contributed by atoms with van der Waals surface area (Å²) in [5.41, 5.74) is 1.48. The maximum absolute atomic E-state index is 12.5. The number of benzene rings is 1. The highest BCUT2D eigenvalue weighted by Gasteiger charge is 2.33. The number of thiophene rings is 1. The molecule has 2 aliphatic heterocycles. The molecule has 4 heterocycles. The summed E-state index contributed by atoms with van der Waals surface area (Å²) in [6.45, 7) is 2.54. The van der Waals surface area contributed by atoms with Crippen molar-refractivity contribution in [3.05, 3.63) is 65.0 Å². The van der Waals surface area contributed by atoms with Gasteiger partial charge in [-0.3, -0.25) is 9.59 Å². The average Bonchev–Trinajstić information content (AvgIpc) is 3.47. The van der Waals surface area contributed by atoms with E-state index in [9.17, 15) is 9.59 Å². The van der Waals surface area contributed by atoms with Crippen molar-refractivity contribution in [3.8, 4) is 5.75 Å². The average molecular weight is 450 g/mol. The van der Waals surface area contributed by atoms with Crippen LogP contribution in [-0.4, -0.2) is 59.2 Å². The molecule has 2 aromatic heterocycles. The number of hydrogen-bond donors (Lipinski definition) is 1. The minimum Gasteiger partial charge on any atom is -0.489 e. The van der Waals surface area contributed by atoms with Crippen LogP contribution in [0, 0.1) is 5.92 Å². The van der Waals surface area contributed by atoms with Gasteiger partial charge in [0.25, 0.3) is 5.91 Å². The Labute approximate surface area is 189 Å². The van der Waals surface area contributed by atoms with Crippen LogP contribution in [0.15, 0.2) is 59.4 Å². The Morgan fingerprint density at radius 2 is 1.94 bits per heavy atom. The summed E-state index contributed by atoms with van der Waals surface area (Å²) >= 11 is 1.52. The van der Waals surface area contributed by atoms with Crippen molar-refractivity contribution in [2.24, 2.45) is 5.92 Å². The molecule has 1 N–H and O–H groups in total. The zero-order chi connectivity index (χ0) is 21.9. The zero-order valence-corrected chi connectivity index (χ0v) is 18.2. The number of carbonyl (C=O) groups is 2. The molecule has 0 aliphatic carbocycles. The molecule has 2 aliphatic rings. The van der Waals surface area contributed by atoms with Crippen LogP contribution >= 0.6 is 11.3 Å². The summed E-state index contributed by atoms with van der Waals surface area (Å²) in [5, 5.41) is 14.7. The fourth-order valence-corrected chi connectivity index (χ4v) is 4.55. The van der Waals surface area contributed by atoms with Gasteiger partial charge in [-0.15, -0.1) is 5.10 Å². The summed E-state index contributed by atoms with van der Waals surface area (Å²) in [4.78, 5) is 28.8. The third-order valence-electron chi connectivity index (χ3n) is 5.76. The Kier molecular flexibility index (Phi) is 5.72. The van der Waals surface area contributed by atoms with Gasteiger partial charge < -0.3 is 19.9 Å². The van der Waals surface area contributed by atoms with Crippen molar-refractivity contribution in [3.63, 3.8) is 0 Å². The van der Waals surface area contributed by atoms with Crippen LogP contribution in [0.4, 0.5) is 11.5 Å². The molecular formula is C23H23N5O3S. The van der Waals surface area contributed by atoms with Gasteiger partial charge in [0, 0.05) is 43.3 Å². The van der Waals surface area contributed by atoms with E-state index in [1.165, 1.54) is 11.3 Å². The number of likely N-dealkylation sites (tertiary alicyclic amines) is 1. The number of carbonyl (C=O) groups excluding carboxylic acids is 2. The van der Waals surface area contributed by atoms with Crippen LogP contribution < -0.4 is 15.0 Å². The number of anilines is 2. The molecule has 1 atom stereocenters. The van der Waals surface area contributed by atoms with Crippen LogP contribution in [0.1, 0.15) is 16.8 Å². The Hall–Kier alpha value is -3.46. The molecule has 1 aromatic carbocycles.